The van der Waals surface area contributed by atoms with Gasteiger partial charge in [-0.2, -0.15) is 18.3 Å². The minimum Gasteiger partial charge on any atom is -0.392 e. The number of alkyl halides is 3. The van der Waals surface area contributed by atoms with E-state index in [0.29, 0.717) is 50.9 Å². The number of nitrogens with one attached hydrogen (secondary N) is 3. The molecule has 3 N–H and O–H groups in total. The number of benzene rings is 1. The first-order chi connectivity index (χ1) is 18.7. The van der Waals surface area contributed by atoms with Gasteiger partial charge in [0.05, 0.1) is 28.7 Å². The van der Waals surface area contributed by atoms with E-state index in [2.05, 4.69) is 35.6 Å². The summed E-state index contributed by atoms with van der Waals surface area (Å²) in [4.78, 5) is 23.2. The van der Waals surface area contributed by atoms with Crippen molar-refractivity contribution in [2.75, 3.05) is 11.9 Å². The molecule has 1 aromatic carbocycles. The Morgan fingerprint density at radius 2 is 2.00 bits per heavy atom. The van der Waals surface area contributed by atoms with E-state index in [1.165, 1.54) is 30.7 Å². The summed E-state index contributed by atoms with van der Waals surface area (Å²) in [6.45, 7) is 2.37. The summed E-state index contributed by atoms with van der Waals surface area (Å²) >= 11 is 0. The molecule has 0 spiro atoms. The number of anilines is 1. The molecule has 0 saturated heterocycles. The van der Waals surface area contributed by atoms with Crippen molar-refractivity contribution in [1.29, 1.82) is 0 Å². The molecule has 0 amide bonds. The summed E-state index contributed by atoms with van der Waals surface area (Å²) in [5, 5.41) is 13.7. The Balaban J connectivity index is 1.62. The van der Waals surface area contributed by atoms with Crippen LogP contribution in [0.2, 0.25) is 0 Å². The molecule has 14 heteroatoms. The molecular formula is C25H18F4N8O2. The van der Waals surface area contributed by atoms with Crippen LogP contribution in [0.15, 0.2) is 58.3 Å². The number of aromatic amines is 2. The Labute approximate surface area is 215 Å². The maximum absolute atomic E-state index is 14.7. The van der Waals surface area contributed by atoms with Gasteiger partial charge in [-0.25, -0.2) is 23.9 Å². The molecule has 0 saturated carbocycles. The van der Waals surface area contributed by atoms with Crippen molar-refractivity contribution >= 4 is 27.6 Å². The zero-order chi connectivity index (χ0) is 27.3. The molecule has 10 nitrogen and oxygen atoms in total. The van der Waals surface area contributed by atoms with Crippen molar-refractivity contribution in [2.24, 2.45) is 0 Å². The van der Waals surface area contributed by atoms with Crippen LogP contribution in [0.25, 0.3) is 38.8 Å². The number of fused-ring (bicyclic) bond motifs is 3. The SMILES string of the molecule is CCNc1cc(F)cc2c1[nH]c1ncc(-c3cncc(Cc4n[nH]c(=O)o4)c3)c(-n3ccc(C(F)(F)F)n3)c12. The summed E-state index contributed by atoms with van der Waals surface area (Å²) in [5.41, 5.74) is 2.04. The number of hydrogen-bond donors (Lipinski definition) is 3. The molecule has 0 unspecified atom stereocenters. The van der Waals surface area contributed by atoms with Crippen LogP contribution in [-0.4, -0.2) is 41.5 Å². The van der Waals surface area contributed by atoms with Gasteiger partial charge in [-0.15, -0.1) is 5.10 Å². The Morgan fingerprint density at radius 1 is 1.15 bits per heavy atom. The fraction of sp³-hybridized carbons (Fsp3) is 0.160. The molecule has 0 bridgehead atoms. The van der Waals surface area contributed by atoms with E-state index in [1.54, 1.807) is 12.3 Å². The second-order valence-electron chi connectivity index (χ2n) is 8.68. The molecule has 0 aliphatic rings. The summed E-state index contributed by atoms with van der Waals surface area (Å²) in [7, 11) is 0. The highest BCUT2D eigenvalue weighted by Gasteiger charge is 2.34. The molecule has 198 valence electrons. The van der Waals surface area contributed by atoms with Crippen molar-refractivity contribution in [1.82, 2.24) is 34.9 Å². The minimum atomic E-state index is -4.67. The van der Waals surface area contributed by atoms with Crippen LogP contribution in [-0.2, 0) is 12.6 Å². The lowest BCUT2D eigenvalue weighted by atomic mass is 10.0. The fourth-order valence-electron chi connectivity index (χ4n) is 4.53. The largest absolute Gasteiger partial charge is 0.435 e. The third-order valence-corrected chi connectivity index (χ3v) is 6.09. The third kappa shape index (κ3) is 4.39. The first kappa shape index (κ1) is 24.3. The topological polar surface area (TPSA) is 130 Å². The number of aromatic nitrogens is 7. The van der Waals surface area contributed by atoms with E-state index in [9.17, 15) is 22.4 Å². The molecule has 0 radical (unpaired) electrons. The first-order valence-corrected chi connectivity index (χ1v) is 11.7. The second kappa shape index (κ2) is 9.08. The van der Waals surface area contributed by atoms with Crippen molar-refractivity contribution in [3.63, 3.8) is 0 Å². The Morgan fingerprint density at radius 3 is 2.72 bits per heavy atom. The molecular weight excluding hydrogens is 520 g/mol. The van der Waals surface area contributed by atoms with E-state index in [-0.39, 0.29) is 18.0 Å². The number of halogens is 4. The highest BCUT2D eigenvalue weighted by Crippen LogP contribution is 2.39. The maximum Gasteiger partial charge on any atom is 0.435 e. The van der Waals surface area contributed by atoms with Gasteiger partial charge in [-0.1, -0.05) is 0 Å². The molecule has 0 aliphatic heterocycles. The Bertz CT molecular complexity index is 1900. The van der Waals surface area contributed by atoms with Crippen LogP contribution in [0.3, 0.4) is 0 Å². The van der Waals surface area contributed by atoms with Gasteiger partial charge in [0.2, 0.25) is 5.89 Å². The zero-order valence-corrected chi connectivity index (χ0v) is 20.1. The molecule has 39 heavy (non-hydrogen) atoms. The van der Waals surface area contributed by atoms with Gasteiger partial charge in [0, 0.05) is 47.8 Å². The van der Waals surface area contributed by atoms with Gasteiger partial charge in [0.15, 0.2) is 5.69 Å². The van der Waals surface area contributed by atoms with Gasteiger partial charge in [0.1, 0.15) is 11.5 Å². The second-order valence-corrected chi connectivity index (χ2v) is 8.68. The van der Waals surface area contributed by atoms with Crippen molar-refractivity contribution in [3.05, 3.63) is 82.6 Å². The Hall–Kier alpha value is -5.01. The van der Waals surface area contributed by atoms with Gasteiger partial charge in [-0.05, 0) is 36.8 Å². The van der Waals surface area contributed by atoms with Crippen LogP contribution < -0.4 is 11.1 Å². The average Bonchev–Trinajstić information content (AvgIpc) is 3.62. The van der Waals surface area contributed by atoms with Crippen LogP contribution in [0.4, 0.5) is 23.2 Å². The maximum atomic E-state index is 14.7. The van der Waals surface area contributed by atoms with Crippen LogP contribution >= 0.6 is 0 Å². The summed E-state index contributed by atoms with van der Waals surface area (Å²) < 4.78 is 61.3. The zero-order valence-electron chi connectivity index (χ0n) is 20.1. The van der Waals surface area contributed by atoms with E-state index in [0.717, 1.165) is 10.7 Å². The molecule has 5 heterocycles. The number of H-pyrrole nitrogens is 2. The molecule has 6 aromatic rings. The highest BCUT2D eigenvalue weighted by molar-refractivity contribution is 6.15. The lowest BCUT2D eigenvalue weighted by molar-refractivity contribution is -0.141. The van der Waals surface area contributed by atoms with E-state index >= 15 is 0 Å². The van der Waals surface area contributed by atoms with E-state index < -0.39 is 23.4 Å². The van der Waals surface area contributed by atoms with Gasteiger partial charge in [-0.3, -0.25) is 4.98 Å². The monoisotopic (exact) mass is 538 g/mol. The highest BCUT2D eigenvalue weighted by atomic mass is 19.4. The number of nitrogens with zero attached hydrogens (tertiary/aromatic N) is 5. The predicted molar refractivity (Wildman–Crippen MR) is 133 cm³/mol. The predicted octanol–water partition coefficient (Wildman–Crippen LogP) is 4.82. The normalized spacial score (nSPS) is 12.0. The van der Waals surface area contributed by atoms with Crippen molar-refractivity contribution in [3.8, 4) is 16.8 Å². The van der Waals surface area contributed by atoms with Gasteiger partial charge >= 0.3 is 11.9 Å². The third-order valence-electron chi connectivity index (χ3n) is 6.09. The minimum absolute atomic E-state index is 0.134. The van der Waals surface area contributed by atoms with E-state index in [4.69, 9.17) is 4.42 Å². The molecule has 0 atom stereocenters. The molecule has 0 aliphatic carbocycles. The fourth-order valence-corrected chi connectivity index (χ4v) is 4.53. The molecule has 5 aromatic heterocycles. The summed E-state index contributed by atoms with van der Waals surface area (Å²) in [5.74, 6) is -1.09. The molecule has 6 rings (SSSR count). The van der Waals surface area contributed by atoms with E-state index in [1.807, 2.05) is 6.92 Å². The number of rotatable bonds is 6. The Kier molecular flexibility index (Phi) is 5.66. The molecule has 0 fully saturated rings. The van der Waals surface area contributed by atoms with Crippen molar-refractivity contribution < 1.29 is 22.0 Å². The van der Waals surface area contributed by atoms with Crippen LogP contribution in [0.5, 0.6) is 0 Å². The van der Waals surface area contributed by atoms with Gasteiger partial charge in [0.25, 0.3) is 0 Å². The van der Waals surface area contributed by atoms with Gasteiger partial charge < -0.3 is 14.7 Å². The first-order valence-electron chi connectivity index (χ1n) is 11.7. The van der Waals surface area contributed by atoms with Crippen LogP contribution in [0, 0.1) is 5.82 Å². The average molecular weight is 538 g/mol. The summed E-state index contributed by atoms with van der Waals surface area (Å²) in [6.07, 6.45) is 1.21. The summed E-state index contributed by atoms with van der Waals surface area (Å²) in [6, 6.07) is 5.22. The smallest absolute Gasteiger partial charge is 0.392 e. The standard InChI is InChI=1S/C25H18F4N8O2/c1-2-31-17-8-14(26)7-15-20-22(37-4-3-18(36-37)25(27,28)29)16(11-32-23(20)33-21(15)17)13-5-12(9-30-10-13)6-19-34-35-24(38)39-19/h3-5,7-11,31H,2,6H2,1H3,(H,32,33)(H,35,38). The lowest BCUT2D eigenvalue weighted by Crippen LogP contribution is -2.08. The number of pyridine rings is 2. The van der Waals surface area contributed by atoms with Crippen LogP contribution in [0.1, 0.15) is 24.1 Å². The van der Waals surface area contributed by atoms with Crippen molar-refractivity contribution in [2.45, 2.75) is 19.5 Å². The quantitative estimate of drug-likeness (QED) is 0.259. The lowest BCUT2D eigenvalue weighted by Gasteiger charge is -2.13. The number of hydrogen-bond acceptors (Lipinski definition) is 7.